The summed E-state index contributed by atoms with van der Waals surface area (Å²) in [5.41, 5.74) is 5.41. The van der Waals surface area contributed by atoms with Crippen LogP contribution in [0, 0.1) is 0 Å². The Morgan fingerprint density at radius 3 is 0.846 bits per heavy atom. The lowest BCUT2D eigenvalue weighted by Crippen LogP contribution is -2.29. The highest BCUT2D eigenvalue weighted by atomic mass is 31.2. The molecule has 2 atom stereocenters. The second-order valence-corrected chi connectivity index (χ2v) is 24.8. The molecule has 0 rings (SSSR count). The van der Waals surface area contributed by atoms with Crippen LogP contribution in [0.25, 0.3) is 0 Å². The second kappa shape index (κ2) is 74.2. The Hall–Kier alpha value is -4.89. The van der Waals surface area contributed by atoms with Crippen LogP contribution >= 0.6 is 7.82 Å². The Bertz CT molecular complexity index is 2150. The van der Waals surface area contributed by atoms with Crippen molar-refractivity contribution in [2.75, 3.05) is 26.4 Å². The fourth-order valence-corrected chi connectivity index (χ4v) is 10.3. The van der Waals surface area contributed by atoms with Crippen LogP contribution in [-0.4, -0.2) is 49.3 Å². The molecule has 0 aromatic rings. The van der Waals surface area contributed by atoms with Gasteiger partial charge in [0.25, 0.3) is 0 Å². The molecule has 0 saturated carbocycles. The van der Waals surface area contributed by atoms with E-state index in [1.54, 1.807) is 0 Å². The van der Waals surface area contributed by atoms with E-state index in [0.717, 1.165) is 148 Å². The molecule has 91 heavy (non-hydrogen) atoms. The van der Waals surface area contributed by atoms with Gasteiger partial charge in [-0.3, -0.25) is 18.6 Å². The maximum Gasteiger partial charge on any atom is 0.472 e. The molecule has 0 saturated heterocycles. The van der Waals surface area contributed by atoms with Crippen LogP contribution in [0.4, 0.5) is 0 Å². The second-order valence-electron chi connectivity index (χ2n) is 23.3. The molecule has 0 fully saturated rings. The zero-order chi connectivity index (χ0) is 65.8. The van der Waals surface area contributed by atoms with E-state index in [9.17, 15) is 19.0 Å². The fourth-order valence-electron chi connectivity index (χ4n) is 9.52. The van der Waals surface area contributed by atoms with Gasteiger partial charge in [-0.05, 0) is 135 Å². The summed E-state index contributed by atoms with van der Waals surface area (Å²) in [4.78, 5) is 35.4. The quantitative estimate of drug-likeness (QED) is 0.0264. The molecule has 0 aliphatic heterocycles. The van der Waals surface area contributed by atoms with Gasteiger partial charge in [0.2, 0.25) is 0 Å². The molecule has 0 bridgehead atoms. The third-order valence-electron chi connectivity index (χ3n) is 14.8. The number of hydrogen-bond acceptors (Lipinski definition) is 8. The van der Waals surface area contributed by atoms with E-state index < -0.39 is 26.5 Å². The highest BCUT2D eigenvalue weighted by Gasteiger charge is 2.26. The molecule has 0 spiro atoms. The molecule has 9 nitrogen and oxygen atoms in total. The number of phosphoric ester groups is 1. The van der Waals surface area contributed by atoms with Gasteiger partial charge in [-0.1, -0.05) is 318 Å². The lowest BCUT2D eigenvalue weighted by molar-refractivity contribution is -0.161. The van der Waals surface area contributed by atoms with E-state index in [0.29, 0.717) is 6.42 Å². The summed E-state index contributed by atoms with van der Waals surface area (Å²) < 4.78 is 33.2. The van der Waals surface area contributed by atoms with E-state index in [1.807, 2.05) is 0 Å². The van der Waals surface area contributed by atoms with Crippen LogP contribution in [0.1, 0.15) is 284 Å². The molecule has 10 heteroatoms. The monoisotopic (exact) mass is 1280 g/mol. The van der Waals surface area contributed by atoms with Crippen molar-refractivity contribution in [2.45, 2.75) is 290 Å². The van der Waals surface area contributed by atoms with Crippen molar-refractivity contribution in [3.63, 3.8) is 0 Å². The van der Waals surface area contributed by atoms with Crippen LogP contribution in [0.15, 0.2) is 182 Å². The number of unbranched alkanes of at least 4 members (excludes halogenated alkanes) is 23. The maximum absolute atomic E-state index is 12.8. The predicted octanol–water partition coefficient (Wildman–Crippen LogP) is 24.3. The number of esters is 2. The summed E-state index contributed by atoms with van der Waals surface area (Å²) in [7, 11) is -4.41. The maximum atomic E-state index is 12.8. The molecule has 0 aliphatic rings. The lowest BCUT2D eigenvalue weighted by Gasteiger charge is -2.19. The van der Waals surface area contributed by atoms with E-state index in [2.05, 4.69) is 196 Å². The average Bonchev–Trinajstić information content (AvgIpc) is 3.71. The minimum Gasteiger partial charge on any atom is -0.462 e. The van der Waals surface area contributed by atoms with Gasteiger partial charge < -0.3 is 20.1 Å². The number of phosphoric acid groups is 1. The highest BCUT2D eigenvalue weighted by molar-refractivity contribution is 7.47. The molecule has 0 aliphatic carbocycles. The van der Waals surface area contributed by atoms with E-state index in [1.165, 1.54) is 103 Å². The number of carbonyl (C=O) groups excluding carboxylic acids is 2. The largest absolute Gasteiger partial charge is 0.472 e. The van der Waals surface area contributed by atoms with Gasteiger partial charge in [-0.25, -0.2) is 4.57 Å². The van der Waals surface area contributed by atoms with Crippen molar-refractivity contribution in [1.82, 2.24) is 0 Å². The SMILES string of the molecule is CC/C=C\C/C=C\C/C=C\C/C=C\C/C=C\C/C=C\C/C=C\C/C=C\C/C=C\CCCCCCCCCCCCCC(=O)OC(COC(=O)CCCCCCCCCCCCCC/C=C\C/C=C\C/C=C\C/C=C\C/C=C\C/C=C\CC)COP(=O)(O)OCCN. The first-order chi connectivity index (χ1) is 44.8. The zero-order valence-corrected chi connectivity index (χ0v) is 58.6. The molecule has 514 valence electrons. The molecule has 0 aromatic heterocycles. The summed E-state index contributed by atoms with van der Waals surface area (Å²) in [5.74, 6) is -0.839. The smallest absolute Gasteiger partial charge is 0.462 e. The molecule has 0 amide bonds. The van der Waals surface area contributed by atoms with Gasteiger partial charge in [0.1, 0.15) is 6.61 Å². The van der Waals surface area contributed by atoms with Crippen LogP contribution in [-0.2, 0) is 32.7 Å². The van der Waals surface area contributed by atoms with Gasteiger partial charge in [0.15, 0.2) is 6.10 Å². The Balaban J connectivity index is 3.95. The van der Waals surface area contributed by atoms with Crippen molar-refractivity contribution in [1.29, 1.82) is 0 Å². The topological polar surface area (TPSA) is 134 Å². The van der Waals surface area contributed by atoms with Crippen molar-refractivity contribution in [3.05, 3.63) is 182 Å². The van der Waals surface area contributed by atoms with E-state index in [4.69, 9.17) is 24.3 Å². The van der Waals surface area contributed by atoms with Crippen molar-refractivity contribution < 1.29 is 37.6 Å². The normalized spacial score (nSPS) is 14.0. The number of rotatable bonds is 66. The molecular weight excluding hydrogens is 1150 g/mol. The highest BCUT2D eigenvalue weighted by Crippen LogP contribution is 2.43. The number of allylic oxidation sites excluding steroid dienone is 30. The van der Waals surface area contributed by atoms with E-state index >= 15 is 0 Å². The molecule has 2 unspecified atom stereocenters. The summed E-state index contributed by atoms with van der Waals surface area (Å²) in [6.45, 7) is 3.51. The van der Waals surface area contributed by atoms with Crippen LogP contribution in [0.3, 0.4) is 0 Å². The van der Waals surface area contributed by atoms with Crippen molar-refractivity contribution in [2.24, 2.45) is 5.73 Å². The summed E-state index contributed by atoms with van der Waals surface area (Å²) in [5, 5.41) is 0. The Morgan fingerprint density at radius 2 is 0.571 bits per heavy atom. The zero-order valence-electron chi connectivity index (χ0n) is 57.8. The summed E-state index contributed by atoms with van der Waals surface area (Å²) >= 11 is 0. The molecule has 0 aromatic carbocycles. The van der Waals surface area contributed by atoms with Crippen molar-refractivity contribution >= 4 is 19.8 Å². The van der Waals surface area contributed by atoms with Gasteiger partial charge >= 0.3 is 19.8 Å². The predicted molar refractivity (Wildman–Crippen MR) is 394 cm³/mol. The summed E-state index contributed by atoms with van der Waals surface area (Å²) in [6.07, 6.45) is 111. The average molecular weight is 1280 g/mol. The molecule has 0 radical (unpaired) electrons. The van der Waals surface area contributed by atoms with Crippen LogP contribution in [0.5, 0.6) is 0 Å². The molecule has 3 N–H and O–H groups in total. The van der Waals surface area contributed by atoms with Gasteiger partial charge in [0.05, 0.1) is 13.2 Å². The lowest BCUT2D eigenvalue weighted by atomic mass is 10.0. The number of ether oxygens (including phenoxy) is 2. The fraction of sp³-hybridized carbons (Fsp3) is 0.605. The number of carbonyl (C=O) groups is 2. The Kier molecular flexibility index (Phi) is 70.2. The van der Waals surface area contributed by atoms with Crippen LogP contribution < -0.4 is 5.73 Å². The van der Waals surface area contributed by atoms with Gasteiger partial charge in [-0.15, -0.1) is 0 Å². The molecular formula is C81H132NO8P. The number of hydrogen-bond donors (Lipinski definition) is 2. The first kappa shape index (κ1) is 86.1. The first-order valence-electron chi connectivity index (χ1n) is 36.3. The Labute approximate surface area is 558 Å². The van der Waals surface area contributed by atoms with Crippen molar-refractivity contribution in [3.8, 4) is 0 Å². The third-order valence-corrected chi connectivity index (χ3v) is 15.8. The summed E-state index contributed by atoms with van der Waals surface area (Å²) in [6, 6.07) is 0. The minimum absolute atomic E-state index is 0.0447. The van der Waals surface area contributed by atoms with Gasteiger partial charge in [0, 0.05) is 19.4 Å². The third kappa shape index (κ3) is 74.0. The molecule has 0 heterocycles. The minimum atomic E-state index is -4.41. The standard InChI is InChI=1S/C81H132NO8P/c1-3-5-7-9-11-13-15-17-19-21-23-25-27-29-31-33-35-36-37-38-39-40-41-42-44-46-48-50-52-54-56-58-60-62-64-66-68-70-72-74-81(84)90-79(78-89-91(85,86)88-76-75-82)77-87-80(83)73-71-69-67-65-63-61-59-57-55-53-51-49-47-45-43-34-32-30-28-26-24-22-20-18-16-14-12-10-8-6-4-2/h5-8,11-14,17-20,23-26,29-32,35-36,38-39,41-43,45-46,48,79H,3-4,9-10,15-16,21-22,27-28,33-34,37,40,44,47,49-78,82H2,1-2H3,(H,85,86)/b7-5-,8-6-,13-11-,14-12-,19-17-,20-18-,25-23-,26-24-,31-29-,32-30-,36-35-,39-38-,42-41-,45-43-,48-46-. The first-order valence-corrected chi connectivity index (χ1v) is 37.8. The Morgan fingerprint density at radius 1 is 0.330 bits per heavy atom. The van der Waals surface area contributed by atoms with Gasteiger partial charge in [-0.2, -0.15) is 0 Å². The van der Waals surface area contributed by atoms with E-state index in [-0.39, 0.29) is 38.6 Å². The number of nitrogens with two attached hydrogens (primary N) is 1. The van der Waals surface area contributed by atoms with Crippen LogP contribution in [0.2, 0.25) is 0 Å².